The number of carbonyl (C=O) groups excluding carboxylic acids is 1. The minimum atomic E-state index is -4.72. The van der Waals surface area contributed by atoms with E-state index in [1.54, 1.807) is 0 Å². The molecule has 3 aromatic carbocycles. The second-order valence-corrected chi connectivity index (χ2v) is 8.73. The molecule has 3 aromatic rings. The first kappa shape index (κ1) is 24.3. The SMILES string of the molecule is O=C(COc1ccc(S(=O)(=O)Nc2ccc(F)cc2)cc1)Nc1ccc(Cl)cc1C(F)(F)F. The zero-order chi connectivity index (χ0) is 24.2. The summed E-state index contributed by atoms with van der Waals surface area (Å²) >= 11 is 5.60. The highest BCUT2D eigenvalue weighted by Crippen LogP contribution is 2.36. The molecule has 0 aliphatic heterocycles. The largest absolute Gasteiger partial charge is 0.484 e. The summed E-state index contributed by atoms with van der Waals surface area (Å²) < 4.78 is 84.5. The smallest absolute Gasteiger partial charge is 0.418 e. The van der Waals surface area contributed by atoms with Crippen LogP contribution in [0, 0.1) is 5.82 Å². The van der Waals surface area contributed by atoms with Crippen LogP contribution in [-0.4, -0.2) is 20.9 Å². The van der Waals surface area contributed by atoms with E-state index < -0.39 is 45.8 Å². The van der Waals surface area contributed by atoms with E-state index in [1.165, 1.54) is 42.5 Å². The van der Waals surface area contributed by atoms with Gasteiger partial charge in [0.1, 0.15) is 11.6 Å². The Hall–Kier alpha value is -3.31. The Morgan fingerprint density at radius 2 is 1.61 bits per heavy atom. The molecule has 12 heteroatoms. The van der Waals surface area contributed by atoms with E-state index >= 15 is 0 Å². The van der Waals surface area contributed by atoms with Crippen molar-refractivity contribution in [2.45, 2.75) is 11.1 Å². The molecule has 3 rings (SSSR count). The number of rotatable bonds is 7. The van der Waals surface area contributed by atoms with Crippen LogP contribution in [0.3, 0.4) is 0 Å². The lowest BCUT2D eigenvalue weighted by Crippen LogP contribution is -2.22. The number of amides is 1. The van der Waals surface area contributed by atoms with Crippen molar-refractivity contribution in [1.82, 2.24) is 0 Å². The molecule has 0 saturated heterocycles. The maximum Gasteiger partial charge on any atom is 0.418 e. The van der Waals surface area contributed by atoms with Crippen molar-refractivity contribution in [2.75, 3.05) is 16.6 Å². The summed E-state index contributed by atoms with van der Waals surface area (Å²) in [6.07, 6.45) is -4.72. The fourth-order valence-electron chi connectivity index (χ4n) is 2.64. The van der Waals surface area contributed by atoms with Crippen LogP contribution in [0.15, 0.2) is 71.6 Å². The van der Waals surface area contributed by atoms with Gasteiger partial charge in [-0.1, -0.05) is 11.6 Å². The molecule has 0 fully saturated rings. The Labute approximate surface area is 191 Å². The normalized spacial score (nSPS) is 11.7. The van der Waals surface area contributed by atoms with E-state index in [0.717, 1.165) is 18.2 Å². The second-order valence-electron chi connectivity index (χ2n) is 6.61. The standard InChI is InChI=1S/C21H15ClF4N2O4S/c22-13-1-10-19(18(11-13)21(24,25)26)27-20(29)12-32-16-6-8-17(9-7-16)33(30,31)28-15-4-2-14(23)3-5-15/h1-11,28H,12H2,(H,27,29). The van der Waals surface area contributed by atoms with Crippen molar-refractivity contribution in [3.8, 4) is 5.75 Å². The lowest BCUT2D eigenvalue weighted by Gasteiger charge is -2.14. The first-order valence-corrected chi connectivity index (χ1v) is 11.0. The van der Waals surface area contributed by atoms with E-state index in [0.29, 0.717) is 6.07 Å². The molecule has 0 heterocycles. The Kier molecular flexibility index (Phi) is 7.13. The third-order valence-corrected chi connectivity index (χ3v) is 5.79. The Balaban J connectivity index is 1.62. The van der Waals surface area contributed by atoms with Crippen LogP contribution in [0.5, 0.6) is 5.75 Å². The number of ether oxygens (including phenoxy) is 1. The van der Waals surface area contributed by atoms with E-state index in [-0.39, 0.29) is 21.4 Å². The van der Waals surface area contributed by atoms with Crippen LogP contribution in [0.4, 0.5) is 28.9 Å². The molecule has 0 aliphatic rings. The molecule has 1 amide bonds. The molecule has 0 bridgehead atoms. The second kappa shape index (κ2) is 9.67. The maximum absolute atomic E-state index is 13.1. The van der Waals surface area contributed by atoms with Gasteiger partial charge in [-0.25, -0.2) is 12.8 Å². The highest BCUT2D eigenvalue weighted by Gasteiger charge is 2.34. The number of halogens is 5. The molecule has 0 radical (unpaired) electrons. The number of hydrogen-bond acceptors (Lipinski definition) is 4. The van der Waals surface area contributed by atoms with Gasteiger partial charge in [0.2, 0.25) is 0 Å². The number of alkyl halides is 3. The van der Waals surface area contributed by atoms with Crippen molar-refractivity contribution in [2.24, 2.45) is 0 Å². The summed E-state index contributed by atoms with van der Waals surface area (Å²) in [6.45, 7) is -0.625. The van der Waals surface area contributed by atoms with E-state index in [9.17, 15) is 30.8 Å². The van der Waals surface area contributed by atoms with Crippen LogP contribution < -0.4 is 14.8 Å². The molecule has 0 spiro atoms. The van der Waals surface area contributed by atoms with Gasteiger partial charge >= 0.3 is 6.18 Å². The van der Waals surface area contributed by atoms with Gasteiger partial charge in [0, 0.05) is 10.7 Å². The average molecular weight is 503 g/mol. The minimum Gasteiger partial charge on any atom is -0.484 e. The minimum absolute atomic E-state index is 0.109. The molecular weight excluding hydrogens is 488 g/mol. The van der Waals surface area contributed by atoms with Gasteiger partial charge in [-0.2, -0.15) is 13.2 Å². The lowest BCUT2D eigenvalue weighted by atomic mass is 10.1. The lowest BCUT2D eigenvalue weighted by molar-refractivity contribution is -0.137. The first-order chi connectivity index (χ1) is 15.4. The summed E-state index contributed by atoms with van der Waals surface area (Å²) in [5.74, 6) is -1.27. The number of anilines is 2. The van der Waals surface area contributed by atoms with Crippen LogP contribution in [0.2, 0.25) is 5.02 Å². The molecule has 0 saturated carbocycles. The predicted octanol–water partition coefficient (Wildman–Crippen LogP) is 5.32. The Morgan fingerprint density at radius 1 is 0.970 bits per heavy atom. The van der Waals surface area contributed by atoms with Gasteiger partial charge in [-0.15, -0.1) is 0 Å². The van der Waals surface area contributed by atoms with Crippen LogP contribution in [0.25, 0.3) is 0 Å². The zero-order valence-electron chi connectivity index (χ0n) is 16.5. The van der Waals surface area contributed by atoms with E-state index in [1.807, 2.05) is 0 Å². The highest BCUT2D eigenvalue weighted by molar-refractivity contribution is 7.92. The Morgan fingerprint density at radius 3 is 2.21 bits per heavy atom. The molecule has 0 atom stereocenters. The topological polar surface area (TPSA) is 84.5 Å². The van der Waals surface area contributed by atoms with Crippen molar-refractivity contribution in [1.29, 1.82) is 0 Å². The summed E-state index contributed by atoms with van der Waals surface area (Å²) in [5.41, 5.74) is -1.42. The molecule has 0 aliphatic carbocycles. The number of hydrogen-bond donors (Lipinski definition) is 2. The predicted molar refractivity (Wildman–Crippen MR) is 114 cm³/mol. The summed E-state index contributed by atoms with van der Waals surface area (Å²) in [6, 6.07) is 12.6. The highest BCUT2D eigenvalue weighted by atomic mass is 35.5. The molecular formula is C21H15ClF4N2O4S. The van der Waals surface area contributed by atoms with Gasteiger partial charge < -0.3 is 10.1 Å². The molecule has 33 heavy (non-hydrogen) atoms. The number of nitrogens with one attached hydrogen (secondary N) is 2. The van der Waals surface area contributed by atoms with Crippen LogP contribution >= 0.6 is 11.6 Å². The van der Waals surface area contributed by atoms with Crippen molar-refractivity contribution < 1.29 is 35.5 Å². The van der Waals surface area contributed by atoms with Crippen LogP contribution in [0.1, 0.15) is 5.56 Å². The zero-order valence-corrected chi connectivity index (χ0v) is 18.1. The number of benzene rings is 3. The number of carbonyl (C=O) groups is 1. The van der Waals surface area contributed by atoms with Crippen molar-refractivity contribution in [3.63, 3.8) is 0 Å². The van der Waals surface area contributed by atoms with Crippen molar-refractivity contribution in [3.05, 3.63) is 83.1 Å². The number of sulfonamides is 1. The summed E-state index contributed by atoms with van der Waals surface area (Å²) in [4.78, 5) is 11.9. The van der Waals surface area contributed by atoms with Gasteiger partial charge in [0.15, 0.2) is 6.61 Å². The summed E-state index contributed by atoms with van der Waals surface area (Å²) in [7, 11) is -3.96. The van der Waals surface area contributed by atoms with Crippen LogP contribution in [-0.2, 0) is 21.0 Å². The van der Waals surface area contributed by atoms with E-state index in [4.69, 9.17) is 16.3 Å². The maximum atomic E-state index is 13.1. The molecule has 174 valence electrons. The van der Waals surface area contributed by atoms with Gasteiger partial charge in [-0.3, -0.25) is 9.52 Å². The third kappa shape index (κ3) is 6.59. The third-order valence-electron chi connectivity index (χ3n) is 4.16. The summed E-state index contributed by atoms with van der Waals surface area (Å²) in [5, 5.41) is 1.97. The van der Waals surface area contributed by atoms with Gasteiger partial charge in [-0.05, 0) is 66.7 Å². The average Bonchev–Trinajstić information content (AvgIpc) is 2.74. The quantitative estimate of drug-likeness (QED) is 0.428. The Bertz CT molecular complexity index is 1250. The molecule has 2 N–H and O–H groups in total. The fourth-order valence-corrected chi connectivity index (χ4v) is 3.87. The van der Waals surface area contributed by atoms with Gasteiger partial charge in [0.05, 0.1) is 16.1 Å². The molecule has 0 aromatic heterocycles. The monoisotopic (exact) mass is 502 g/mol. The fraction of sp³-hybridized carbons (Fsp3) is 0.0952. The van der Waals surface area contributed by atoms with Gasteiger partial charge in [0.25, 0.3) is 15.9 Å². The molecule has 0 unspecified atom stereocenters. The van der Waals surface area contributed by atoms with Crippen molar-refractivity contribution >= 4 is 38.9 Å². The first-order valence-electron chi connectivity index (χ1n) is 9.12. The van der Waals surface area contributed by atoms with E-state index in [2.05, 4.69) is 10.0 Å². The molecule has 6 nitrogen and oxygen atoms in total.